The van der Waals surface area contributed by atoms with E-state index >= 15 is 0 Å². The van der Waals surface area contributed by atoms with Gasteiger partial charge in [-0.3, -0.25) is 0 Å². The molecule has 1 unspecified atom stereocenters. The van der Waals surface area contributed by atoms with Crippen molar-refractivity contribution in [3.8, 4) is 0 Å². The van der Waals surface area contributed by atoms with Gasteiger partial charge in [0.15, 0.2) is 0 Å². The average molecular weight is 257 g/mol. The lowest BCUT2D eigenvalue weighted by Crippen LogP contribution is -2.22. The van der Waals surface area contributed by atoms with Gasteiger partial charge >= 0.3 is 0 Å². The van der Waals surface area contributed by atoms with E-state index in [9.17, 15) is 0 Å². The number of benzene rings is 1. The van der Waals surface area contributed by atoms with Crippen LogP contribution in [0.2, 0.25) is 0 Å². The largest absolute Gasteiger partial charge is 0.310 e. The van der Waals surface area contributed by atoms with Gasteiger partial charge in [0.25, 0.3) is 0 Å². The third-order valence-corrected chi connectivity index (χ3v) is 4.02. The highest BCUT2D eigenvalue weighted by Crippen LogP contribution is 2.22. The van der Waals surface area contributed by atoms with Gasteiger partial charge in [-0.15, -0.1) is 0 Å². The molecule has 0 spiro atoms. The Hall–Kier alpha value is -1.08. The lowest BCUT2D eigenvalue weighted by molar-refractivity contribution is 0.483. The summed E-state index contributed by atoms with van der Waals surface area (Å²) in [6.45, 7) is 3.39. The van der Waals surface area contributed by atoms with Crippen LogP contribution in [0.25, 0.3) is 0 Å². The van der Waals surface area contributed by atoms with Crippen LogP contribution < -0.4 is 5.32 Å². The fourth-order valence-electron chi connectivity index (χ4n) is 2.85. The Kier molecular flexibility index (Phi) is 6.16. The first-order chi connectivity index (χ1) is 9.40. The van der Waals surface area contributed by atoms with Crippen molar-refractivity contribution in [3.63, 3.8) is 0 Å². The highest BCUT2D eigenvalue weighted by molar-refractivity contribution is 5.19. The average Bonchev–Trinajstić information content (AvgIpc) is 2.97. The fraction of sp³-hybridized carbons (Fsp3) is 0.556. The monoisotopic (exact) mass is 257 g/mol. The maximum absolute atomic E-state index is 3.76. The van der Waals surface area contributed by atoms with Crippen LogP contribution in [-0.4, -0.2) is 6.54 Å². The summed E-state index contributed by atoms with van der Waals surface area (Å²) in [5.74, 6) is 0. The third kappa shape index (κ3) is 4.83. The number of hydrogen-bond donors (Lipinski definition) is 1. The molecule has 0 aromatic heterocycles. The van der Waals surface area contributed by atoms with Crippen molar-refractivity contribution in [1.29, 1.82) is 0 Å². The van der Waals surface area contributed by atoms with Crippen LogP contribution in [-0.2, 0) is 0 Å². The zero-order valence-corrected chi connectivity index (χ0v) is 12.2. The van der Waals surface area contributed by atoms with E-state index in [0.717, 1.165) is 6.54 Å². The molecule has 0 saturated carbocycles. The van der Waals surface area contributed by atoms with E-state index in [1.165, 1.54) is 50.5 Å². The summed E-state index contributed by atoms with van der Waals surface area (Å²) >= 11 is 0. The first-order valence-electron chi connectivity index (χ1n) is 7.86. The molecule has 0 amide bonds. The van der Waals surface area contributed by atoms with Crippen molar-refractivity contribution >= 4 is 0 Å². The van der Waals surface area contributed by atoms with Crippen molar-refractivity contribution in [2.45, 2.75) is 57.9 Å². The molecule has 0 saturated heterocycles. The summed E-state index contributed by atoms with van der Waals surface area (Å²) in [5, 5.41) is 3.76. The number of rotatable bonds is 8. The van der Waals surface area contributed by atoms with Crippen molar-refractivity contribution in [2.75, 3.05) is 6.54 Å². The summed E-state index contributed by atoms with van der Waals surface area (Å²) in [6.07, 6.45) is 11.5. The van der Waals surface area contributed by atoms with Gasteiger partial charge in [0.1, 0.15) is 0 Å². The highest BCUT2D eigenvalue weighted by atomic mass is 14.9. The molecular formula is C18H27N. The Balaban J connectivity index is 1.83. The second-order valence-corrected chi connectivity index (χ2v) is 5.56. The van der Waals surface area contributed by atoms with Crippen LogP contribution in [0.3, 0.4) is 0 Å². The molecular weight excluding hydrogens is 230 g/mol. The number of unbranched alkanes of at least 4 members (excludes halogenated alkanes) is 1. The number of allylic oxidation sites excluding steroid dienone is 1. The van der Waals surface area contributed by atoms with Gasteiger partial charge in [0.05, 0.1) is 0 Å². The standard InChI is InChI=1S/C18H27N/c1-2-3-13-18(17-11-5-4-6-12-17)19-15-14-16-9-7-8-10-16/h4-6,9,11-12,18-19H,2-3,7-8,10,13-15H2,1H3. The Bertz CT molecular complexity index is 380. The van der Waals surface area contributed by atoms with Crippen LogP contribution in [0.5, 0.6) is 0 Å². The van der Waals surface area contributed by atoms with E-state index in [4.69, 9.17) is 0 Å². The normalized spacial score (nSPS) is 16.4. The van der Waals surface area contributed by atoms with Crippen LogP contribution in [0.4, 0.5) is 0 Å². The smallest absolute Gasteiger partial charge is 0.0320 e. The minimum Gasteiger partial charge on any atom is -0.310 e. The van der Waals surface area contributed by atoms with Crippen molar-refractivity contribution < 1.29 is 0 Å². The number of hydrogen-bond acceptors (Lipinski definition) is 1. The maximum Gasteiger partial charge on any atom is 0.0320 e. The Labute approximate surface area is 118 Å². The third-order valence-electron chi connectivity index (χ3n) is 4.02. The summed E-state index contributed by atoms with van der Waals surface area (Å²) in [7, 11) is 0. The molecule has 0 aliphatic heterocycles. The van der Waals surface area contributed by atoms with Gasteiger partial charge in [0.2, 0.25) is 0 Å². The second kappa shape index (κ2) is 8.16. The molecule has 1 aromatic carbocycles. The van der Waals surface area contributed by atoms with Crippen LogP contribution in [0.15, 0.2) is 42.0 Å². The fourth-order valence-corrected chi connectivity index (χ4v) is 2.85. The molecule has 1 N–H and O–H groups in total. The molecule has 0 radical (unpaired) electrons. The first kappa shape index (κ1) is 14.3. The summed E-state index contributed by atoms with van der Waals surface area (Å²) < 4.78 is 0. The predicted octanol–water partition coefficient (Wildman–Crippen LogP) is 5.01. The van der Waals surface area contributed by atoms with Gasteiger partial charge < -0.3 is 5.32 Å². The van der Waals surface area contributed by atoms with E-state index in [1.54, 1.807) is 5.57 Å². The van der Waals surface area contributed by atoms with Crippen LogP contribution >= 0.6 is 0 Å². The second-order valence-electron chi connectivity index (χ2n) is 5.56. The maximum atomic E-state index is 3.76. The quantitative estimate of drug-likeness (QED) is 0.646. The zero-order chi connectivity index (χ0) is 13.3. The SMILES string of the molecule is CCCCC(NCCC1=CCCC1)c1ccccc1. The molecule has 0 heterocycles. The molecule has 19 heavy (non-hydrogen) atoms. The Morgan fingerprint density at radius 1 is 1.21 bits per heavy atom. The van der Waals surface area contributed by atoms with Gasteiger partial charge in [-0.05, 0) is 44.2 Å². The minimum atomic E-state index is 0.531. The predicted molar refractivity (Wildman–Crippen MR) is 83.3 cm³/mol. The van der Waals surface area contributed by atoms with Gasteiger partial charge in [-0.1, -0.05) is 61.7 Å². The van der Waals surface area contributed by atoms with E-state index < -0.39 is 0 Å². The van der Waals surface area contributed by atoms with Gasteiger partial charge in [-0.2, -0.15) is 0 Å². The minimum absolute atomic E-state index is 0.531. The lowest BCUT2D eigenvalue weighted by Gasteiger charge is -2.19. The van der Waals surface area contributed by atoms with Crippen LogP contribution in [0, 0.1) is 0 Å². The van der Waals surface area contributed by atoms with Gasteiger partial charge in [-0.25, -0.2) is 0 Å². The number of nitrogens with one attached hydrogen (secondary N) is 1. The van der Waals surface area contributed by atoms with Crippen molar-refractivity contribution in [1.82, 2.24) is 5.32 Å². The molecule has 0 bridgehead atoms. The molecule has 1 aliphatic carbocycles. The molecule has 0 fully saturated rings. The van der Waals surface area contributed by atoms with E-state index in [2.05, 4.69) is 48.6 Å². The molecule has 1 aliphatic rings. The van der Waals surface area contributed by atoms with Crippen LogP contribution in [0.1, 0.15) is 63.5 Å². The van der Waals surface area contributed by atoms with E-state index in [1.807, 2.05) is 0 Å². The Morgan fingerprint density at radius 3 is 2.74 bits per heavy atom. The van der Waals surface area contributed by atoms with Crippen molar-refractivity contribution in [2.24, 2.45) is 0 Å². The summed E-state index contributed by atoms with van der Waals surface area (Å²) in [4.78, 5) is 0. The summed E-state index contributed by atoms with van der Waals surface area (Å²) in [5.41, 5.74) is 3.10. The lowest BCUT2D eigenvalue weighted by atomic mass is 10.0. The zero-order valence-electron chi connectivity index (χ0n) is 12.2. The van der Waals surface area contributed by atoms with Gasteiger partial charge in [0, 0.05) is 6.04 Å². The molecule has 1 nitrogen and oxygen atoms in total. The topological polar surface area (TPSA) is 12.0 Å². The van der Waals surface area contributed by atoms with Crippen molar-refractivity contribution in [3.05, 3.63) is 47.5 Å². The van der Waals surface area contributed by atoms with E-state index in [0.29, 0.717) is 6.04 Å². The van der Waals surface area contributed by atoms with E-state index in [-0.39, 0.29) is 0 Å². The molecule has 104 valence electrons. The molecule has 1 heteroatoms. The first-order valence-corrected chi connectivity index (χ1v) is 7.86. The molecule has 2 rings (SSSR count). The Morgan fingerprint density at radius 2 is 2.05 bits per heavy atom. The molecule has 1 atom stereocenters. The summed E-state index contributed by atoms with van der Waals surface area (Å²) in [6, 6.07) is 11.4. The molecule has 1 aromatic rings. The highest BCUT2D eigenvalue weighted by Gasteiger charge is 2.10.